The standard InChI is InChI=1S/C16H27N5S.HI/c1-13-5-10-20(11-6-13)15(17)18-7-4-14-12-22-16(19-14)21-8-2-3-9-21;/h12-13H,2-11H2,1H3,(H2,17,18);1H. The molecule has 0 atom stereocenters. The third-order valence-electron chi connectivity index (χ3n) is 4.67. The van der Waals surface area contributed by atoms with Crippen LogP contribution in [0.4, 0.5) is 5.13 Å². The van der Waals surface area contributed by atoms with Gasteiger partial charge in [0.1, 0.15) is 0 Å². The smallest absolute Gasteiger partial charge is 0.191 e. The molecule has 7 heteroatoms. The number of thiazole rings is 1. The monoisotopic (exact) mass is 449 g/mol. The summed E-state index contributed by atoms with van der Waals surface area (Å²) in [4.78, 5) is 13.9. The van der Waals surface area contributed by atoms with Crippen molar-refractivity contribution >= 4 is 46.4 Å². The maximum atomic E-state index is 6.11. The molecule has 2 fully saturated rings. The lowest BCUT2D eigenvalue weighted by atomic mass is 10.00. The number of piperidine rings is 1. The van der Waals surface area contributed by atoms with Gasteiger partial charge in [-0.1, -0.05) is 6.92 Å². The summed E-state index contributed by atoms with van der Waals surface area (Å²) in [5, 5.41) is 3.34. The fourth-order valence-corrected chi connectivity index (χ4v) is 4.00. The first-order chi connectivity index (χ1) is 10.7. The second kappa shape index (κ2) is 9.05. The first-order valence-electron chi connectivity index (χ1n) is 8.46. The van der Waals surface area contributed by atoms with Crippen LogP contribution >= 0.6 is 35.3 Å². The molecule has 0 bridgehead atoms. The lowest BCUT2D eigenvalue weighted by Gasteiger charge is -2.31. The molecule has 2 aliphatic heterocycles. The largest absolute Gasteiger partial charge is 0.370 e. The van der Waals surface area contributed by atoms with Crippen molar-refractivity contribution in [1.82, 2.24) is 9.88 Å². The molecular weight excluding hydrogens is 421 g/mol. The first-order valence-corrected chi connectivity index (χ1v) is 9.34. The first kappa shape index (κ1) is 18.8. The average Bonchev–Trinajstić information content (AvgIpc) is 3.19. The fourth-order valence-electron chi connectivity index (χ4n) is 3.09. The lowest BCUT2D eigenvalue weighted by Crippen LogP contribution is -2.42. The average molecular weight is 449 g/mol. The van der Waals surface area contributed by atoms with E-state index in [1.54, 1.807) is 11.3 Å². The maximum Gasteiger partial charge on any atom is 0.191 e. The van der Waals surface area contributed by atoms with E-state index in [-0.39, 0.29) is 24.0 Å². The van der Waals surface area contributed by atoms with E-state index in [0.29, 0.717) is 5.96 Å². The fraction of sp³-hybridized carbons (Fsp3) is 0.750. The highest BCUT2D eigenvalue weighted by molar-refractivity contribution is 14.0. The predicted molar refractivity (Wildman–Crippen MR) is 109 cm³/mol. The van der Waals surface area contributed by atoms with Crippen LogP contribution in [-0.2, 0) is 6.42 Å². The number of halogens is 1. The third-order valence-corrected chi connectivity index (χ3v) is 5.62. The Morgan fingerprint density at radius 1 is 1.30 bits per heavy atom. The molecule has 130 valence electrons. The minimum absolute atomic E-state index is 0. The molecule has 3 rings (SSSR count). The maximum absolute atomic E-state index is 6.11. The number of guanidine groups is 1. The van der Waals surface area contributed by atoms with Crippen LogP contribution in [0.15, 0.2) is 10.4 Å². The van der Waals surface area contributed by atoms with E-state index in [1.807, 2.05) is 0 Å². The van der Waals surface area contributed by atoms with Crippen molar-refractivity contribution in [2.45, 2.75) is 39.0 Å². The second-order valence-electron chi connectivity index (χ2n) is 6.48. The van der Waals surface area contributed by atoms with Gasteiger partial charge in [0.05, 0.1) is 5.69 Å². The number of nitrogens with two attached hydrogens (primary N) is 1. The van der Waals surface area contributed by atoms with Gasteiger partial charge < -0.3 is 15.5 Å². The number of rotatable bonds is 4. The molecule has 2 saturated heterocycles. The van der Waals surface area contributed by atoms with Gasteiger partial charge in [-0.05, 0) is 31.6 Å². The van der Waals surface area contributed by atoms with E-state index in [2.05, 4.69) is 27.1 Å². The van der Waals surface area contributed by atoms with Crippen LogP contribution in [0.1, 0.15) is 38.3 Å². The molecule has 0 unspecified atom stereocenters. The van der Waals surface area contributed by atoms with Crippen molar-refractivity contribution in [3.63, 3.8) is 0 Å². The van der Waals surface area contributed by atoms with E-state index in [0.717, 1.165) is 50.8 Å². The highest BCUT2D eigenvalue weighted by atomic mass is 127. The Labute approximate surface area is 160 Å². The van der Waals surface area contributed by atoms with E-state index < -0.39 is 0 Å². The van der Waals surface area contributed by atoms with E-state index in [4.69, 9.17) is 10.7 Å². The Bertz CT molecular complexity index is 504. The van der Waals surface area contributed by atoms with Gasteiger partial charge in [0.25, 0.3) is 0 Å². The molecule has 2 N–H and O–H groups in total. The van der Waals surface area contributed by atoms with Crippen molar-refractivity contribution in [3.05, 3.63) is 11.1 Å². The summed E-state index contributed by atoms with van der Waals surface area (Å²) in [5.41, 5.74) is 7.26. The predicted octanol–water partition coefficient (Wildman–Crippen LogP) is 2.95. The third kappa shape index (κ3) is 5.20. The zero-order valence-electron chi connectivity index (χ0n) is 13.9. The Morgan fingerprint density at radius 3 is 2.70 bits per heavy atom. The van der Waals surface area contributed by atoms with Gasteiger partial charge in [-0.3, -0.25) is 4.99 Å². The van der Waals surface area contributed by atoms with E-state index >= 15 is 0 Å². The van der Waals surface area contributed by atoms with Crippen molar-refractivity contribution in [3.8, 4) is 0 Å². The highest BCUT2D eigenvalue weighted by Gasteiger charge is 2.17. The molecule has 0 aromatic carbocycles. The summed E-state index contributed by atoms with van der Waals surface area (Å²) < 4.78 is 0. The summed E-state index contributed by atoms with van der Waals surface area (Å²) in [6, 6.07) is 0. The molecule has 23 heavy (non-hydrogen) atoms. The van der Waals surface area contributed by atoms with E-state index in [9.17, 15) is 0 Å². The minimum atomic E-state index is 0. The molecule has 0 spiro atoms. The van der Waals surface area contributed by atoms with Crippen LogP contribution in [0.25, 0.3) is 0 Å². The lowest BCUT2D eigenvalue weighted by molar-refractivity contribution is 0.277. The van der Waals surface area contributed by atoms with Crippen molar-refractivity contribution in [2.75, 3.05) is 37.6 Å². The molecule has 2 aliphatic rings. The zero-order valence-corrected chi connectivity index (χ0v) is 17.1. The summed E-state index contributed by atoms with van der Waals surface area (Å²) >= 11 is 1.76. The minimum Gasteiger partial charge on any atom is -0.370 e. The number of hydrogen-bond acceptors (Lipinski definition) is 4. The molecule has 1 aromatic rings. The van der Waals surface area contributed by atoms with Gasteiger partial charge in [-0.2, -0.15) is 0 Å². The van der Waals surface area contributed by atoms with Gasteiger partial charge in [0, 0.05) is 44.5 Å². The number of likely N-dealkylation sites (tertiary alicyclic amines) is 1. The Morgan fingerprint density at radius 2 is 2.00 bits per heavy atom. The molecule has 5 nitrogen and oxygen atoms in total. The number of hydrogen-bond donors (Lipinski definition) is 1. The van der Waals surface area contributed by atoms with Crippen molar-refractivity contribution in [2.24, 2.45) is 16.6 Å². The molecular formula is C16H28IN5S. The normalized spacial score (nSPS) is 20.0. The summed E-state index contributed by atoms with van der Waals surface area (Å²) in [6.45, 7) is 7.46. The number of aromatic nitrogens is 1. The van der Waals surface area contributed by atoms with Crippen LogP contribution in [0.3, 0.4) is 0 Å². The van der Waals surface area contributed by atoms with Crippen LogP contribution in [0, 0.1) is 5.92 Å². The molecule has 1 aromatic heterocycles. The van der Waals surface area contributed by atoms with Crippen LogP contribution < -0.4 is 10.6 Å². The van der Waals surface area contributed by atoms with Crippen LogP contribution in [0.5, 0.6) is 0 Å². The molecule has 0 radical (unpaired) electrons. The Kier molecular flexibility index (Phi) is 7.39. The van der Waals surface area contributed by atoms with Crippen LogP contribution in [0.2, 0.25) is 0 Å². The van der Waals surface area contributed by atoms with Crippen molar-refractivity contribution in [1.29, 1.82) is 0 Å². The Balaban J connectivity index is 0.00000192. The number of aliphatic imine (C=N–C) groups is 1. The molecule has 0 amide bonds. The number of anilines is 1. The molecule has 0 aliphatic carbocycles. The number of nitrogens with zero attached hydrogens (tertiary/aromatic N) is 4. The van der Waals surface area contributed by atoms with Gasteiger partial charge in [0.2, 0.25) is 0 Å². The second-order valence-corrected chi connectivity index (χ2v) is 7.31. The summed E-state index contributed by atoms with van der Waals surface area (Å²) in [6.07, 6.45) is 5.92. The van der Waals surface area contributed by atoms with E-state index in [1.165, 1.54) is 30.8 Å². The van der Waals surface area contributed by atoms with Gasteiger partial charge >= 0.3 is 0 Å². The molecule has 3 heterocycles. The zero-order chi connectivity index (χ0) is 15.4. The van der Waals surface area contributed by atoms with Crippen LogP contribution in [-0.4, -0.2) is 48.6 Å². The topological polar surface area (TPSA) is 57.8 Å². The Hall–Kier alpha value is -0.570. The highest BCUT2D eigenvalue weighted by Crippen LogP contribution is 2.24. The SMILES string of the molecule is CC1CCN(C(N)=NCCc2csc(N3CCCC3)n2)CC1.I. The summed E-state index contributed by atoms with van der Waals surface area (Å²) in [7, 11) is 0. The van der Waals surface area contributed by atoms with Crippen molar-refractivity contribution < 1.29 is 0 Å². The van der Waals surface area contributed by atoms with Gasteiger partial charge in [-0.25, -0.2) is 4.98 Å². The molecule has 0 saturated carbocycles. The van der Waals surface area contributed by atoms with Gasteiger partial charge in [0.15, 0.2) is 11.1 Å². The quantitative estimate of drug-likeness (QED) is 0.436. The summed E-state index contributed by atoms with van der Waals surface area (Å²) in [5.74, 6) is 1.53. The van der Waals surface area contributed by atoms with Gasteiger partial charge in [-0.15, -0.1) is 35.3 Å².